The first kappa shape index (κ1) is 17.4. The van der Waals surface area contributed by atoms with Crippen LogP contribution in [0.25, 0.3) is 0 Å². The molecule has 2 spiro atoms. The van der Waals surface area contributed by atoms with Crippen molar-refractivity contribution in [3.05, 3.63) is 0 Å². The molecule has 0 bridgehead atoms. The van der Waals surface area contributed by atoms with E-state index in [4.69, 9.17) is 0 Å². The van der Waals surface area contributed by atoms with Crippen molar-refractivity contribution in [2.75, 3.05) is 51.8 Å². The van der Waals surface area contributed by atoms with E-state index in [0.29, 0.717) is 9.49 Å². The van der Waals surface area contributed by atoms with Crippen LogP contribution in [0.15, 0.2) is 0 Å². The second kappa shape index (κ2) is 7.25. The lowest BCUT2D eigenvalue weighted by Crippen LogP contribution is -2.43. The lowest BCUT2D eigenvalue weighted by Gasteiger charge is -2.48. The lowest BCUT2D eigenvalue weighted by atomic mass is 9.68. The molecular formula is C18H34N2S2. The van der Waals surface area contributed by atoms with Gasteiger partial charge in [-0.3, -0.25) is 0 Å². The van der Waals surface area contributed by atoms with Crippen molar-refractivity contribution < 1.29 is 0 Å². The fraction of sp³-hybridized carbons (Fsp3) is 1.00. The molecule has 2 nitrogen and oxygen atoms in total. The first-order valence-corrected chi connectivity index (χ1v) is 11.2. The van der Waals surface area contributed by atoms with Gasteiger partial charge in [-0.1, -0.05) is 13.3 Å². The lowest BCUT2D eigenvalue weighted by molar-refractivity contribution is 0.143. The summed E-state index contributed by atoms with van der Waals surface area (Å²) in [6.07, 6.45) is 8.67. The summed E-state index contributed by atoms with van der Waals surface area (Å²) in [6.45, 7) is 7.71. The molecule has 0 radical (unpaired) electrons. The topological polar surface area (TPSA) is 6.48 Å². The van der Waals surface area contributed by atoms with Gasteiger partial charge in [-0.05, 0) is 77.2 Å². The van der Waals surface area contributed by atoms with Crippen molar-refractivity contribution in [2.45, 2.75) is 49.5 Å². The van der Waals surface area contributed by atoms with Gasteiger partial charge in [0.2, 0.25) is 0 Å². The molecule has 0 amide bonds. The molecule has 2 aliphatic heterocycles. The molecule has 2 saturated heterocycles. The average Bonchev–Trinajstić information content (AvgIpc) is 3.08. The van der Waals surface area contributed by atoms with E-state index in [9.17, 15) is 0 Å². The Kier molecular flexibility index (Phi) is 5.74. The Morgan fingerprint density at radius 2 is 1.95 bits per heavy atom. The van der Waals surface area contributed by atoms with E-state index in [0.717, 1.165) is 5.92 Å². The second-order valence-corrected chi connectivity index (χ2v) is 11.1. The van der Waals surface area contributed by atoms with Crippen molar-refractivity contribution in [3.63, 3.8) is 0 Å². The molecule has 0 aromatic rings. The average molecular weight is 343 g/mol. The van der Waals surface area contributed by atoms with Crippen LogP contribution in [0.4, 0.5) is 0 Å². The van der Waals surface area contributed by atoms with Crippen molar-refractivity contribution >= 4 is 23.5 Å². The van der Waals surface area contributed by atoms with Crippen molar-refractivity contribution in [1.29, 1.82) is 0 Å². The molecule has 2 atom stereocenters. The number of rotatable bonds is 5. The molecule has 0 aromatic heterocycles. The van der Waals surface area contributed by atoms with E-state index in [-0.39, 0.29) is 0 Å². The zero-order chi connectivity index (χ0) is 15.6. The van der Waals surface area contributed by atoms with Crippen LogP contribution in [0.1, 0.15) is 45.4 Å². The maximum absolute atomic E-state index is 2.77. The Hall–Kier alpha value is 0.620. The van der Waals surface area contributed by atoms with Gasteiger partial charge in [0.1, 0.15) is 0 Å². The molecule has 128 valence electrons. The van der Waals surface area contributed by atoms with Crippen molar-refractivity contribution in [2.24, 2.45) is 11.3 Å². The smallest absolute Gasteiger partial charge is 0.0645 e. The van der Waals surface area contributed by atoms with Gasteiger partial charge in [0.05, 0.1) is 4.08 Å². The SMILES string of the molecule is CCC1CCC2(CCN(CCCN(C)C)C2)CC12SCCS2. The highest BCUT2D eigenvalue weighted by atomic mass is 32.2. The number of hydrogen-bond donors (Lipinski definition) is 0. The monoisotopic (exact) mass is 342 g/mol. The molecule has 3 fully saturated rings. The zero-order valence-electron chi connectivity index (χ0n) is 14.8. The molecule has 3 aliphatic rings. The van der Waals surface area contributed by atoms with Gasteiger partial charge in [0.15, 0.2) is 0 Å². The fourth-order valence-corrected chi connectivity index (χ4v) is 9.00. The molecule has 0 aromatic carbocycles. The first-order chi connectivity index (χ1) is 10.6. The molecule has 0 N–H and O–H groups in total. The van der Waals surface area contributed by atoms with Crippen LogP contribution in [0.2, 0.25) is 0 Å². The van der Waals surface area contributed by atoms with Crippen LogP contribution >= 0.6 is 23.5 Å². The maximum Gasteiger partial charge on any atom is 0.0645 e. The van der Waals surface area contributed by atoms with E-state index in [2.05, 4.69) is 54.3 Å². The maximum atomic E-state index is 2.77. The molecule has 22 heavy (non-hydrogen) atoms. The largest absolute Gasteiger partial charge is 0.309 e. The third-order valence-corrected chi connectivity index (χ3v) is 9.85. The van der Waals surface area contributed by atoms with Gasteiger partial charge in [0, 0.05) is 18.1 Å². The van der Waals surface area contributed by atoms with Gasteiger partial charge in [-0.15, -0.1) is 23.5 Å². The minimum atomic E-state index is 0.590. The van der Waals surface area contributed by atoms with E-state index < -0.39 is 0 Å². The first-order valence-electron chi connectivity index (χ1n) is 9.22. The highest BCUT2D eigenvalue weighted by Crippen LogP contribution is 2.62. The van der Waals surface area contributed by atoms with Crippen LogP contribution in [0.3, 0.4) is 0 Å². The summed E-state index contributed by atoms with van der Waals surface area (Å²) in [5.74, 6) is 3.76. The minimum absolute atomic E-state index is 0.590. The van der Waals surface area contributed by atoms with E-state index in [1.54, 1.807) is 0 Å². The second-order valence-electron chi connectivity index (χ2n) is 8.01. The van der Waals surface area contributed by atoms with Gasteiger partial charge in [0.25, 0.3) is 0 Å². The fourth-order valence-electron chi connectivity index (χ4n) is 4.96. The Bertz CT molecular complexity index is 368. The van der Waals surface area contributed by atoms with Gasteiger partial charge < -0.3 is 9.80 Å². The van der Waals surface area contributed by atoms with E-state index in [1.165, 1.54) is 76.2 Å². The number of nitrogens with zero attached hydrogens (tertiary/aromatic N) is 2. The number of likely N-dealkylation sites (tertiary alicyclic amines) is 1. The van der Waals surface area contributed by atoms with Crippen molar-refractivity contribution in [3.8, 4) is 0 Å². The van der Waals surface area contributed by atoms with Gasteiger partial charge in [-0.25, -0.2) is 0 Å². The molecule has 2 heterocycles. The molecule has 1 aliphatic carbocycles. The number of thioether (sulfide) groups is 2. The third kappa shape index (κ3) is 3.65. The molecule has 4 heteroatoms. The molecule has 1 saturated carbocycles. The molecule has 2 unspecified atom stereocenters. The van der Waals surface area contributed by atoms with E-state index in [1.807, 2.05) is 0 Å². The quantitative estimate of drug-likeness (QED) is 0.744. The summed E-state index contributed by atoms with van der Waals surface area (Å²) in [6, 6.07) is 0. The predicted molar refractivity (Wildman–Crippen MR) is 102 cm³/mol. The van der Waals surface area contributed by atoms with Crippen LogP contribution in [-0.4, -0.2) is 65.7 Å². The standard InChI is InChI=1S/C18H34N2S2/c1-4-16-6-7-17(14-18(16)21-12-13-22-18)8-11-20(15-17)10-5-9-19(2)3/h16H,4-15H2,1-3H3. The molecular weight excluding hydrogens is 308 g/mol. The zero-order valence-corrected chi connectivity index (χ0v) is 16.4. The van der Waals surface area contributed by atoms with Gasteiger partial charge >= 0.3 is 0 Å². The third-order valence-electron chi connectivity index (χ3n) is 6.13. The summed E-state index contributed by atoms with van der Waals surface area (Å²) in [4.78, 5) is 5.09. The Morgan fingerprint density at radius 3 is 2.64 bits per heavy atom. The van der Waals surface area contributed by atoms with Gasteiger partial charge in [-0.2, -0.15) is 0 Å². The molecule has 3 rings (SSSR count). The van der Waals surface area contributed by atoms with Crippen LogP contribution in [0.5, 0.6) is 0 Å². The normalized spacial score (nSPS) is 35.2. The minimum Gasteiger partial charge on any atom is -0.309 e. The Labute approximate surface area is 146 Å². The Balaban J connectivity index is 1.58. The Morgan fingerprint density at radius 1 is 1.18 bits per heavy atom. The summed E-state index contributed by atoms with van der Waals surface area (Å²) in [5.41, 5.74) is 0.661. The van der Waals surface area contributed by atoms with Crippen LogP contribution in [-0.2, 0) is 0 Å². The summed E-state index contributed by atoms with van der Waals surface area (Å²) >= 11 is 4.64. The van der Waals surface area contributed by atoms with Crippen molar-refractivity contribution in [1.82, 2.24) is 9.80 Å². The summed E-state index contributed by atoms with van der Waals surface area (Å²) in [7, 11) is 4.38. The highest BCUT2D eigenvalue weighted by Gasteiger charge is 2.53. The van der Waals surface area contributed by atoms with Crippen LogP contribution in [0, 0.1) is 11.3 Å². The summed E-state index contributed by atoms with van der Waals surface area (Å²) < 4.78 is 0.590. The predicted octanol–water partition coefficient (Wildman–Crippen LogP) is 4.02. The highest BCUT2D eigenvalue weighted by molar-refractivity contribution is 8.21. The number of hydrogen-bond acceptors (Lipinski definition) is 4. The van der Waals surface area contributed by atoms with E-state index >= 15 is 0 Å². The van der Waals surface area contributed by atoms with Crippen LogP contribution < -0.4 is 0 Å². The summed E-state index contributed by atoms with van der Waals surface area (Å²) in [5, 5.41) is 0.